The summed E-state index contributed by atoms with van der Waals surface area (Å²) in [4.78, 5) is 0. The Hall–Kier alpha value is -0.340. The third-order valence-corrected chi connectivity index (χ3v) is 1.95. The van der Waals surface area contributed by atoms with Crippen LogP contribution >= 0.6 is 23.2 Å². The van der Waals surface area contributed by atoms with E-state index in [-0.39, 0.29) is 10.6 Å². The monoisotopic (exact) mass is 210 g/mol. The molecule has 0 aromatic heterocycles. The Morgan fingerprint density at radius 3 is 2.25 bits per heavy atom. The van der Waals surface area contributed by atoms with Crippen LogP contribution in [-0.2, 0) is 5.92 Å². The van der Waals surface area contributed by atoms with Gasteiger partial charge in [-0.3, -0.25) is 0 Å². The molecule has 1 aromatic rings. The quantitative estimate of drug-likeness (QED) is 0.655. The molecule has 0 fully saturated rings. The average molecular weight is 211 g/mol. The van der Waals surface area contributed by atoms with Gasteiger partial charge < -0.3 is 0 Å². The Morgan fingerprint density at radius 2 is 1.83 bits per heavy atom. The molecule has 0 saturated carbocycles. The van der Waals surface area contributed by atoms with E-state index in [0.29, 0.717) is 5.02 Å². The molecule has 12 heavy (non-hydrogen) atoms. The summed E-state index contributed by atoms with van der Waals surface area (Å²) in [6.45, 7) is 0.794. The van der Waals surface area contributed by atoms with Gasteiger partial charge >= 0.3 is 0 Å². The van der Waals surface area contributed by atoms with Crippen LogP contribution in [0.5, 0.6) is 0 Å². The van der Waals surface area contributed by atoms with E-state index in [0.717, 1.165) is 6.92 Å². The Kier molecular flexibility index (Phi) is 2.59. The SMILES string of the molecule is CC(F)(F)c1ccc(Cl)cc1Cl. The Bertz CT molecular complexity index is 292. The van der Waals surface area contributed by atoms with Crippen molar-refractivity contribution in [3.63, 3.8) is 0 Å². The van der Waals surface area contributed by atoms with Crippen molar-refractivity contribution in [2.45, 2.75) is 12.8 Å². The predicted octanol–water partition coefficient (Wildman–Crippen LogP) is 4.11. The van der Waals surface area contributed by atoms with E-state index in [4.69, 9.17) is 23.2 Å². The van der Waals surface area contributed by atoms with E-state index < -0.39 is 5.92 Å². The van der Waals surface area contributed by atoms with Crippen molar-refractivity contribution in [1.82, 2.24) is 0 Å². The van der Waals surface area contributed by atoms with Crippen LogP contribution in [-0.4, -0.2) is 0 Å². The summed E-state index contributed by atoms with van der Waals surface area (Å²) in [5.41, 5.74) is -0.200. The molecule has 1 aromatic carbocycles. The second-order valence-electron chi connectivity index (χ2n) is 2.51. The van der Waals surface area contributed by atoms with Gasteiger partial charge in [-0.2, -0.15) is 0 Å². The first-order chi connectivity index (χ1) is 5.41. The first-order valence-electron chi connectivity index (χ1n) is 3.24. The number of alkyl halides is 2. The summed E-state index contributed by atoms with van der Waals surface area (Å²) in [5, 5.41) is 0.350. The lowest BCUT2D eigenvalue weighted by molar-refractivity contribution is 0.0176. The van der Waals surface area contributed by atoms with Gasteiger partial charge in [-0.1, -0.05) is 29.3 Å². The van der Waals surface area contributed by atoms with Crippen molar-refractivity contribution in [3.05, 3.63) is 33.8 Å². The molecule has 66 valence electrons. The number of hydrogen-bond acceptors (Lipinski definition) is 0. The molecule has 0 aliphatic carbocycles. The standard InChI is InChI=1S/C8H6Cl2F2/c1-8(11,12)6-3-2-5(9)4-7(6)10/h2-4H,1H3. The zero-order valence-corrected chi connectivity index (χ0v) is 7.76. The van der Waals surface area contributed by atoms with Gasteiger partial charge in [0.05, 0.1) is 5.02 Å². The number of rotatable bonds is 1. The molecule has 0 radical (unpaired) electrons. The molecule has 0 N–H and O–H groups in total. The maximum Gasteiger partial charge on any atom is 0.271 e. The lowest BCUT2D eigenvalue weighted by Crippen LogP contribution is -2.07. The fourth-order valence-corrected chi connectivity index (χ4v) is 1.42. The second-order valence-corrected chi connectivity index (χ2v) is 3.36. The van der Waals surface area contributed by atoms with Crippen LogP contribution in [0, 0.1) is 0 Å². The van der Waals surface area contributed by atoms with Crippen LogP contribution in [0.15, 0.2) is 18.2 Å². The lowest BCUT2D eigenvalue weighted by Gasteiger charge is -2.11. The maximum atomic E-state index is 12.7. The summed E-state index contributed by atoms with van der Waals surface area (Å²) in [5.74, 6) is -2.92. The first-order valence-corrected chi connectivity index (χ1v) is 4.00. The van der Waals surface area contributed by atoms with E-state index in [1.165, 1.54) is 18.2 Å². The molecule has 0 aliphatic heterocycles. The van der Waals surface area contributed by atoms with Crippen molar-refractivity contribution in [2.24, 2.45) is 0 Å². The van der Waals surface area contributed by atoms with Crippen LogP contribution < -0.4 is 0 Å². The summed E-state index contributed by atoms with van der Waals surface area (Å²) in [6.07, 6.45) is 0. The van der Waals surface area contributed by atoms with Crippen molar-refractivity contribution in [1.29, 1.82) is 0 Å². The lowest BCUT2D eigenvalue weighted by atomic mass is 10.1. The number of hydrogen-bond donors (Lipinski definition) is 0. The summed E-state index contributed by atoms with van der Waals surface area (Å²) >= 11 is 11.1. The van der Waals surface area contributed by atoms with Gasteiger partial charge in [0.25, 0.3) is 5.92 Å². The average Bonchev–Trinajstić information content (AvgIpc) is 1.83. The van der Waals surface area contributed by atoms with E-state index in [9.17, 15) is 8.78 Å². The zero-order chi connectivity index (χ0) is 9.35. The van der Waals surface area contributed by atoms with E-state index >= 15 is 0 Å². The molecule has 0 nitrogen and oxygen atoms in total. The molecule has 0 heterocycles. The topological polar surface area (TPSA) is 0 Å². The molecule has 0 unspecified atom stereocenters. The minimum atomic E-state index is -2.92. The molecular weight excluding hydrogens is 205 g/mol. The van der Waals surface area contributed by atoms with Gasteiger partial charge in [0.15, 0.2) is 0 Å². The summed E-state index contributed by atoms with van der Waals surface area (Å²) < 4.78 is 25.4. The molecule has 0 bridgehead atoms. The highest BCUT2D eigenvalue weighted by atomic mass is 35.5. The normalized spacial score (nSPS) is 11.8. The maximum absolute atomic E-state index is 12.7. The molecule has 0 amide bonds. The van der Waals surface area contributed by atoms with Gasteiger partial charge in [0.2, 0.25) is 0 Å². The fourth-order valence-electron chi connectivity index (χ4n) is 0.845. The summed E-state index contributed by atoms with van der Waals surface area (Å²) in [6, 6.07) is 3.92. The first kappa shape index (κ1) is 9.75. The van der Waals surface area contributed by atoms with Crippen molar-refractivity contribution >= 4 is 23.2 Å². The van der Waals surface area contributed by atoms with Crippen LogP contribution in [0.3, 0.4) is 0 Å². The highest BCUT2D eigenvalue weighted by Gasteiger charge is 2.26. The van der Waals surface area contributed by atoms with Gasteiger partial charge in [-0.15, -0.1) is 0 Å². The second kappa shape index (κ2) is 3.19. The van der Waals surface area contributed by atoms with Crippen LogP contribution in [0.1, 0.15) is 12.5 Å². The molecule has 0 atom stereocenters. The number of halogens is 4. The third-order valence-electron chi connectivity index (χ3n) is 1.40. The van der Waals surface area contributed by atoms with E-state index in [1.807, 2.05) is 0 Å². The molecule has 1 rings (SSSR count). The van der Waals surface area contributed by atoms with Gasteiger partial charge in [0.1, 0.15) is 0 Å². The smallest absolute Gasteiger partial charge is 0.202 e. The van der Waals surface area contributed by atoms with Gasteiger partial charge in [-0.05, 0) is 12.1 Å². The summed E-state index contributed by atoms with van der Waals surface area (Å²) in [7, 11) is 0. The molecule has 0 saturated heterocycles. The number of benzene rings is 1. The largest absolute Gasteiger partial charge is 0.271 e. The Morgan fingerprint density at radius 1 is 1.25 bits per heavy atom. The van der Waals surface area contributed by atoms with Crippen molar-refractivity contribution in [2.75, 3.05) is 0 Å². The van der Waals surface area contributed by atoms with Crippen LogP contribution in [0.25, 0.3) is 0 Å². The third kappa shape index (κ3) is 2.08. The molecule has 0 aliphatic rings. The van der Waals surface area contributed by atoms with Crippen LogP contribution in [0.2, 0.25) is 10.0 Å². The minimum Gasteiger partial charge on any atom is -0.202 e. The fraction of sp³-hybridized carbons (Fsp3) is 0.250. The highest BCUT2D eigenvalue weighted by molar-refractivity contribution is 6.35. The van der Waals surface area contributed by atoms with Gasteiger partial charge in [-0.25, -0.2) is 8.78 Å². The molecular formula is C8H6Cl2F2. The molecule has 0 spiro atoms. The van der Waals surface area contributed by atoms with Crippen molar-refractivity contribution < 1.29 is 8.78 Å². The Labute approximate surface area is 79.1 Å². The van der Waals surface area contributed by atoms with Gasteiger partial charge in [0, 0.05) is 17.5 Å². The minimum absolute atomic E-state index is 0.00463. The highest BCUT2D eigenvalue weighted by Crippen LogP contribution is 2.33. The Balaban J connectivity index is 3.19. The molecule has 4 heteroatoms. The van der Waals surface area contributed by atoms with Crippen LogP contribution in [0.4, 0.5) is 8.78 Å². The van der Waals surface area contributed by atoms with E-state index in [2.05, 4.69) is 0 Å². The van der Waals surface area contributed by atoms with E-state index in [1.54, 1.807) is 0 Å². The predicted molar refractivity (Wildman–Crippen MR) is 46.0 cm³/mol. The zero-order valence-electron chi connectivity index (χ0n) is 6.24. The van der Waals surface area contributed by atoms with Crippen molar-refractivity contribution in [3.8, 4) is 0 Å².